The highest BCUT2D eigenvalue weighted by atomic mass is 35.5. The lowest BCUT2D eigenvalue weighted by molar-refractivity contribution is -0.137. The SMILES string of the molecule is CN(CC(=O)Nc1ccc(Cl)c(C(F)(F)F)c1)C(=O)c1ccc2c(c1)C(=O)N(C)C2=O. The number of anilines is 1. The van der Waals surface area contributed by atoms with Crippen molar-refractivity contribution in [1.29, 1.82) is 0 Å². The molecule has 2 aromatic rings. The van der Waals surface area contributed by atoms with Gasteiger partial charge in [0.05, 0.1) is 28.3 Å². The van der Waals surface area contributed by atoms with Gasteiger partial charge in [-0.2, -0.15) is 13.2 Å². The van der Waals surface area contributed by atoms with E-state index in [1.807, 2.05) is 0 Å². The Morgan fingerprint density at radius 1 is 1.06 bits per heavy atom. The molecule has 1 aliphatic rings. The van der Waals surface area contributed by atoms with Gasteiger partial charge in [0, 0.05) is 25.3 Å². The predicted molar refractivity (Wildman–Crippen MR) is 105 cm³/mol. The lowest BCUT2D eigenvalue weighted by atomic mass is 10.0. The number of hydrogen-bond donors (Lipinski definition) is 1. The fourth-order valence-corrected chi connectivity index (χ4v) is 3.25. The summed E-state index contributed by atoms with van der Waals surface area (Å²) in [6.45, 7) is -0.466. The first-order chi connectivity index (χ1) is 14.4. The molecule has 7 nitrogen and oxygen atoms in total. The first-order valence-corrected chi connectivity index (χ1v) is 9.16. The number of halogens is 4. The molecule has 0 fully saturated rings. The van der Waals surface area contributed by atoms with Gasteiger partial charge in [-0.25, -0.2) is 0 Å². The smallest absolute Gasteiger partial charge is 0.332 e. The molecule has 0 atom stereocenters. The quantitative estimate of drug-likeness (QED) is 0.720. The van der Waals surface area contributed by atoms with Crippen LogP contribution in [0.5, 0.6) is 0 Å². The normalized spacial score (nSPS) is 13.3. The van der Waals surface area contributed by atoms with E-state index in [9.17, 15) is 32.3 Å². The van der Waals surface area contributed by atoms with Crippen LogP contribution in [0.3, 0.4) is 0 Å². The zero-order valence-corrected chi connectivity index (χ0v) is 17.0. The van der Waals surface area contributed by atoms with Crippen molar-refractivity contribution in [3.05, 3.63) is 63.7 Å². The minimum absolute atomic E-state index is 0.0800. The number of nitrogens with zero attached hydrogens (tertiary/aromatic N) is 2. The molecule has 0 radical (unpaired) electrons. The number of hydrogen-bond acceptors (Lipinski definition) is 4. The molecule has 0 saturated heterocycles. The predicted octanol–water partition coefficient (Wildman–Crippen LogP) is 3.30. The summed E-state index contributed by atoms with van der Waals surface area (Å²) in [7, 11) is 2.64. The topological polar surface area (TPSA) is 86.8 Å². The second-order valence-corrected chi connectivity index (χ2v) is 7.24. The lowest BCUT2D eigenvalue weighted by Gasteiger charge is -2.18. The Balaban J connectivity index is 1.70. The number of benzene rings is 2. The number of imide groups is 1. The van der Waals surface area contributed by atoms with Gasteiger partial charge in [0.25, 0.3) is 17.7 Å². The van der Waals surface area contributed by atoms with E-state index in [1.54, 1.807) is 0 Å². The summed E-state index contributed by atoms with van der Waals surface area (Å²) in [5.74, 6) is -2.37. The fraction of sp³-hybridized carbons (Fsp3) is 0.200. The van der Waals surface area contributed by atoms with E-state index in [2.05, 4.69) is 5.32 Å². The third kappa shape index (κ3) is 4.38. The molecular formula is C20H15ClF3N3O4. The number of nitrogens with one attached hydrogen (secondary N) is 1. The Bertz CT molecular complexity index is 1120. The molecular weight excluding hydrogens is 439 g/mol. The molecule has 1 N–H and O–H groups in total. The zero-order chi connectivity index (χ0) is 23.1. The van der Waals surface area contributed by atoms with Gasteiger partial charge in [-0.15, -0.1) is 0 Å². The van der Waals surface area contributed by atoms with E-state index in [1.165, 1.54) is 38.4 Å². The van der Waals surface area contributed by atoms with Crippen LogP contribution in [0.15, 0.2) is 36.4 Å². The van der Waals surface area contributed by atoms with Crippen LogP contribution in [-0.2, 0) is 11.0 Å². The Morgan fingerprint density at radius 2 is 1.71 bits per heavy atom. The number of alkyl halides is 3. The minimum atomic E-state index is -4.69. The van der Waals surface area contributed by atoms with Crippen LogP contribution in [0.1, 0.15) is 36.6 Å². The number of carbonyl (C=O) groups is 4. The maximum atomic E-state index is 12.9. The molecule has 31 heavy (non-hydrogen) atoms. The first kappa shape index (κ1) is 22.3. The van der Waals surface area contributed by atoms with E-state index in [-0.39, 0.29) is 22.4 Å². The second-order valence-electron chi connectivity index (χ2n) is 6.83. The molecule has 4 amide bonds. The summed E-state index contributed by atoms with van der Waals surface area (Å²) in [4.78, 5) is 50.8. The van der Waals surface area contributed by atoms with Crippen molar-refractivity contribution in [3.8, 4) is 0 Å². The van der Waals surface area contributed by atoms with Crippen LogP contribution in [0.4, 0.5) is 18.9 Å². The van der Waals surface area contributed by atoms with E-state index in [0.29, 0.717) is 6.07 Å². The van der Waals surface area contributed by atoms with Crippen molar-refractivity contribution >= 4 is 40.9 Å². The van der Waals surface area contributed by atoms with Crippen molar-refractivity contribution in [3.63, 3.8) is 0 Å². The number of fused-ring (bicyclic) bond motifs is 1. The molecule has 162 valence electrons. The van der Waals surface area contributed by atoms with Gasteiger partial charge in [0.15, 0.2) is 0 Å². The largest absolute Gasteiger partial charge is 0.417 e. The molecule has 0 aliphatic carbocycles. The van der Waals surface area contributed by atoms with Crippen molar-refractivity contribution in [2.24, 2.45) is 0 Å². The Morgan fingerprint density at radius 3 is 2.35 bits per heavy atom. The third-order valence-corrected chi connectivity index (χ3v) is 4.95. The van der Waals surface area contributed by atoms with Crippen molar-refractivity contribution < 1.29 is 32.3 Å². The number of likely N-dealkylation sites (N-methyl/N-ethyl adjacent to an activating group) is 1. The zero-order valence-electron chi connectivity index (χ0n) is 16.2. The maximum Gasteiger partial charge on any atom is 0.417 e. The van der Waals surface area contributed by atoms with Gasteiger partial charge >= 0.3 is 6.18 Å². The molecule has 1 heterocycles. The van der Waals surface area contributed by atoms with Crippen LogP contribution in [0, 0.1) is 0 Å². The number of rotatable bonds is 4. The van der Waals surface area contributed by atoms with Crippen LogP contribution in [0.2, 0.25) is 5.02 Å². The average molecular weight is 454 g/mol. The molecule has 1 aliphatic heterocycles. The van der Waals surface area contributed by atoms with E-state index in [4.69, 9.17) is 11.6 Å². The van der Waals surface area contributed by atoms with Crippen LogP contribution >= 0.6 is 11.6 Å². The van der Waals surface area contributed by atoms with E-state index in [0.717, 1.165) is 15.9 Å². The molecule has 0 aromatic heterocycles. The Kier molecular flexibility index (Phi) is 5.77. The molecule has 2 aromatic carbocycles. The standard InChI is InChI=1S/C20H15ClF3N3O4/c1-26(9-16(28)25-11-4-6-15(21)14(8-11)20(22,23)24)17(29)10-3-5-12-13(7-10)19(31)27(2)18(12)30/h3-8H,9H2,1-2H3,(H,25,28). The third-order valence-electron chi connectivity index (χ3n) is 4.62. The first-order valence-electron chi connectivity index (χ1n) is 8.78. The van der Waals surface area contributed by atoms with Crippen LogP contribution in [-0.4, -0.2) is 54.1 Å². The molecule has 0 bridgehead atoms. The minimum Gasteiger partial charge on any atom is -0.332 e. The Hall–Kier alpha value is -3.40. The Labute approximate surface area is 179 Å². The fourth-order valence-electron chi connectivity index (χ4n) is 3.02. The van der Waals surface area contributed by atoms with Crippen molar-refractivity contribution in [1.82, 2.24) is 9.80 Å². The summed E-state index contributed by atoms with van der Waals surface area (Å²) in [5.41, 5.74) is -0.896. The van der Waals surface area contributed by atoms with Crippen LogP contribution in [0.25, 0.3) is 0 Å². The number of carbonyl (C=O) groups excluding carboxylic acids is 4. The van der Waals surface area contributed by atoms with Gasteiger partial charge in [-0.3, -0.25) is 24.1 Å². The lowest BCUT2D eigenvalue weighted by Crippen LogP contribution is -2.35. The molecule has 11 heteroatoms. The summed E-state index contributed by atoms with van der Waals surface area (Å²) in [5, 5.41) is 1.78. The van der Waals surface area contributed by atoms with Gasteiger partial charge in [-0.05, 0) is 36.4 Å². The van der Waals surface area contributed by atoms with E-state index < -0.39 is 46.9 Å². The van der Waals surface area contributed by atoms with Gasteiger partial charge in [0.2, 0.25) is 5.91 Å². The molecule has 3 rings (SSSR count). The van der Waals surface area contributed by atoms with Gasteiger partial charge in [-0.1, -0.05) is 11.6 Å². The molecule has 0 saturated carbocycles. The number of amides is 4. The van der Waals surface area contributed by atoms with Gasteiger partial charge < -0.3 is 10.2 Å². The highest BCUT2D eigenvalue weighted by molar-refractivity contribution is 6.31. The van der Waals surface area contributed by atoms with Gasteiger partial charge in [0.1, 0.15) is 0 Å². The summed E-state index contributed by atoms with van der Waals surface area (Å²) >= 11 is 5.55. The molecule has 0 spiro atoms. The highest BCUT2D eigenvalue weighted by Gasteiger charge is 2.34. The van der Waals surface area contributed by atoms with E-state index >= 15 is 0 Å². The van der Waals surface area contributed by atoms with Crippen molar-refractivity contribution in [2.75, 3.05) is 26.0 Å². The average Bonchev–Trinajstić information content (AvgIpc) is 2.91. The molecule has 0 unspecified atom stereocenters. The second kappa shape index (κ2) is 8.03. The monoisotopic (exact) mass is 453 g/mol. The summed E-state index contributed by atoms with van der Waals surface area (Å²) in [6.07, 6.45) is -4.69. The highest BCUT2D eigenvalue weighted by Crippen LogP contribution is 2.36. The van der Waals surface area contributed by atoms with Crippen molar-refractivity contribution in [2.45, 2.75) is 6.18 Å². The van der Waals surface area contributed by atoms with Crippen LogP contribution < -0.4 is 5.32 Å². The maximum absolute atomic E-state index is 12.9. The summed E-state index contributed by atoms with van der Waals surface area (Å²) < 4.78 is 38.8. The summed E-state index contributed by atoms with van der Waals surface area (Å²) in [6, 6.07) is 6.89.